The van der Waals surface area contributed by atoms with Gasteiger partial charge in [0, 0.05) is 12.2 Å². The van der Waals surface area contributed by atoms with E-state index in [2.05, 4.69) is 10.6 Å². The molecule has 0 aliphatic heterocycles. The topological polar surface area (TPSA) is 58.2 Å². The molecular formula is C21H24N2O2. The van der Waals surface area contributed by atoms with Crippen LogP contribution in [0, 0.1) is 25.7 Å². The van der Waals surface area contributed by atoms with Gasteiger partial charge in [0.25, 0.3) is 0 Å². The van der Waals surface area contributed by atoms with Gasteiger partial charge in [0.1, 0.15) is 0 Å². The lowest BCUT2D eigenvalue weighted by Gasteiger charge is -2.10. The largest absolute Gasteiger partial charge is 0.356 e. The zero-order valence-electron chi connectivity index (χ0n) is 14.7. The van der Waals surface area contributed by atoms with Crippen LogP contribution in [0.5, 0.6) is 0 Å². The van der Waals surface area contributed by atoms with Gasteiger partial charge in [-0.2, -0.15) is 0 Å². The Kier molecular flexibility index (Phi) is 5.17. The van der Waals surface area contributed by atoms with E-state index in [-0.39, 0.29) is 23.7 Å². The van der Waals surface area contributed by atoms with Gasteiger partial charge in [-0.05, 0) is 49.4 Å². The summed E-state index contributed by atoms with van der Waals surface area (Å²) >= 11 is 0. The van der Waals surface area contributed by atoms with Crippen molar-refractivity contribution in [2.75, 3.05) is 11.9 Å². The number of carbonyl (C=O) groups excluding carboxylic acids is 2. The molecule has 1 aliphatic carbocycles. The fourth-order valence-electron chi connectivity index (χ4n) is 2.99. The van der Waals surface area contributed by atoms with Crippen LogP contribution in [0.25, 0.3) is 0 Å². The van der Waals surface area contributed by atoms with Crippen molar-refractivity contribution in [2.24, 2.45) is 11.8 Å². The van der Waals surface area contributed by atoms with E-state index < -0.39 is 0 Å². The molecule has 130 valence electrons. The summed E-state index contributed by atoms with van der Waals surface area (Å²) in [6, 6.07) is 15.9. The van der Waals surface area contributed by atoms with E-state index in [1.54, 1.807) is 0 Å². The molecule has 0 spiro atoms. The number of benzene rings is 2. The highest BCUT2D eigenvalue weighted by Gasteiger charge is 2.47. The van der Waals surface area contributed by atoms with E-state index in [1.807, 2.05) is 62.4 Å². The molecule has 2 unspecified atom stereocenters. The van der Waals surface area contributed by atoms with Gasteiger partial charge in [-0.1, -0.05) is 42.5 Å². The van der Waals surface area contributed by atoms with E-state index in [0.29, 0.717) is 13.0 Å². The van der Waals surface area contributed by atoms with Gasteiger partial charge in [0.2, 0.25) is 11.8 Å². The third-order valence-corrected chi connectivity index (χ3v) is 4.88. The van der Waals surface area contributed by atoms with Crippen LogP contribution in [-0.4, -0.2) is 18.4 Å². The maximum absolute atomic E-state index is 12.4. The second-order valence-corrected chi connectivity index (χ2v) is 6.71. The summed E-state index contributed by atoms with van der Waals surface area (Å²) < 4.78 is 0. The fraction of sp³-hybridized carbons (Fsp3) is 0.333. The molecule has 1 saturated carbocycles. The first-order chi connectivity index (χ1) is 12.1. The third-order valence-electron chi connectivity index (χ3n) is 4.88. The lowest BCUT2D eigenvalue weighted by Crippen LogP contribution is -2.29. The highest BCUT2D eigenvalue weighted by Crippen LogP contribution is 2.39. The van der Waals surface area contributed by atoms with Crippen LogP contribution in [0.15, 0.2) is 48.5 Å². The molecule has 0 saturated heterocycles. The van der Waals surface area contributed by atoms with Crippen molar-refractivity contribution in [1.29, 1.82) is 0 Å². The molecule has 2 amide bonds. The Bertz CT molecular complexity index is 771. The Labute approximate surface area is 148 Å². The predicted molar refractivity (Wildman–Crippen MR) is 99.3 cm³/mol. The number of rotatable bonds is 6. The van der Waals surface area contributed by atoms with Crippen LogP contribution in [-0.2, 0) is 16.0 Å². The van der Waals surface area contributed by atoms with Gasteiger partial charge < -0.3 is 10.6 Å². The number of carbonyl (C=O) groups is 2. The standard InChI is InChI=1S/C21H24N2O2/c1-14-7-6-10-19(15(14)2)23-21(25)18-13-17(18)20(24)22-12-11-16-8-4-3-5-9-16/h3-10,17-18H,11-13H2,1-2H3,(H,22,24)(H,23,25). The molecule has 4 heteroatoms. The number of anilines is 1. The average molecular weight is 336 g/mol. The predicted octanol–water partition coefficient (Wildman–Crippen LogP) is 3.24. The molecule has 0 aromatic heterocycles. The molecule has 2 N–H and O–H groups in total. The number of hydrogen-bond donors (Lipinski definition) is 2. The van der Waals surface area contributed by atoms with E-state index in [0.717, 1.165) is 23.2 Å². The SMILES string of the molecule is Cc1cccc(NC(=O)C2CC2C(=O)NCCc2ccccc2)c1C. The second-order valence-electron chi connectivity index (χ2n) is 6.71. The Morgan fingerprint density at radius 1 is 0.960 bits per heavy atom. The zero-order chi connectivity index (χ0) is 17.8. The lowest BCUT2D eigenvalue weighted by molar-refractivity contribution is -0.125. The van der Waals surface area contributed by atoms with Gasteiger partial charge >= 0.3 is 0 Å². The molecule has 25 heavy (non-hydrogen) atoms. The zero-order valence-corrected chi connectivity index (χ0v) is 14.7. The molecule has 2 atom stereocenters. The van der Waals surface area contributed by atoms with Crippen molar-refractivity contribution in [3.8, 4) is 0 Å². The van der Waals surface area contributed by atoms with Crippen LogP contribution < -0.4 is 10.6 Å². The molecule has 2 aromatic rings. The Hall–Kier alpha value is -2.62. The molecule has 4 nitrogen and oxygen atoms in total. The van der Waals surface area contributed by atoms with Gasteiger partial charge in [-0.25, -0.2) is 0 Å². The maximum Gasteiger partial charge on any atom is 0.228 e. The number of aryl methyl sites for hydroxylation is 1. The fourth-order valence-corrected chi connectivity index (χ4v) is 2.99. The van der Waals surface area contributed by atoms with Crippen molar-refractivity contribution >= 4 is 17.5 Å². The van der Waals surface area contributed by atoms with Crippen molar-refractivity contribution in [3.63, 3.8) is 0 Å². The minimum absolute atomic E-state index is 0.0166. The van der Waals surface area contributed by atoms with Crippen LogP contribution in [0.3, 0.4) is 0 Å². The van der Waals surface area contributed by atoms with Gasteiger partial charge in [-0.3, -0.25) is 9.59 Å². The number of amides is 2. The molecule has 3 rings (SSSR count). The van der Waals surface area contributed by atoms with E-state index in [4.69, 9.17) is 0 Å². The molecule has 1 fully saturated rings. The summed E-state index contributed by atoms with van der Waals surface area (Å²) in [5.74, 6) is -0.480. The monoisotopic (exact) mass is 336 g/mol. The van der Waals surface area contributed by atoms with E-state index in [1.165, 1.54) is 5.56 Å². The molecule has 1 aliphatic rings. The minimum Gasteiger partial charge on any atom is -0.356 e. The first kappa shape index (κ1) is 17.2. The minimum atomic E-state index is -0.211. The molecular weight excluding hydrogens is 312 g/mol. The summed E-state index contributed by atoms with van der Waals surface area (Å²) in [5, 5.41) is 5.90. The summed E-state index contributed by atoms with van der Waals surface area (Å²) in [5.41, 5.74) is 4.24. The Balaban J connectivity index is 1.46. The summed E-state index contributed by atoms with van der Waals surface area (Å²) in [7, 11) is 0. The highest BCUT2D eigenvalue weighted by molar-refractivity contribution is 6.00. The molecule has 0 radical (unpaired) electrons. The van der Waals surface area contributed by atoms with Crippen molar-refractivity contribution in [1.82, 2.24) is 5.32 Å². The normalized spacial score (nSPS) is 18.5. The second kappa shape index (κ2) is 7.51. The Morgan fingerprint density at radius 3 is 2.44 bits per heavy atom. The van der Waals surface area contributed by atoms with Crippen LogP contribution in [0.4, 0.5) is 5.69 Å². The first-order valence-electron chi connectivity index (χ1n) is 8.75. The van der Waals surface area contributed by atoms with Gasteiger partial charge in [-0.15, -0.1) is 0 Å². The van der Waals surface area contributed by atoms with Crippen LogP contribution in [0.2, 0.25) is 0 Å². The van der Waals surface area contributed by atoms with Gasteiger partial charge in [0.05, 0.1) is 11.8 Å². The summed E-state index contributed by atoms with van der Waals surface area (Å²) in [6.07, 6.45) is 1.44. The quantitative estimate of drug-likeness (QED) is 0.851. The van der Waals surface area contributed by atoms with E-state index >= 15 is 0 Å². The Morgan fingerprint density at radius 2 is 1.68 bits per heavy atom. The average Bonchev–Trinajstić information content (AvgIpc) is 3.41. The summed E-state index contributed by atoms with van der Waals surface area (Å²) in [6.45, 7) is 4.61. The van der Waals surface area contributed by atoms with E-state index in [9.17, 15) is 9.59 Å². The van der Waals surface area contributed by atoms with Crippen molar-refractivity contribution in [2.45, 2.75) is 26.7 Å². The van der Waals surface area contributed by atoms with Crippen molar-refractivity contribution in [3.05, 3.63) is 65.2 Å². The smallest absolute Gasteiger partial charge is 0.228 e. The lowest BCUT2D eigenvalue weighted by atomic mass is 10.1. The number of nitrogens with one attached hydrogen (secondary N) is 2. The van der Waals surface area contributed by atoms with Crippen molar-refractivity contribution < 1.29 is 9.59 Å². The third kappa shape index (κ3) is 4.27. The highest BCUT2D eigenvalue weighted by atomic mass is 16.2. The van der Waals surface area contributed by atoms with Gasteiger partial charge in [0.15, 0.2) is 0 Å². The molecule has 2 aromatic carbocycles. The van der Waals surface area contributed by atoms with Crippen LogP contribution in [0.1, 0.15) is 23.1 Å². The first-order valence-corrected chi connectivity index (χ1v) is 8.75. The number of hydrogen-bond acceptors (Lipinski definition) is 2. The maximum atomic E-state index is 12.4. The summed E-state index contributed by atoms with van der Waals surface area (Å²) in [4.78, 5) is 24.6. The molecule has 0 bridgehead atoms. The van der Waals surface area contributed by atoms with Crippen LogP contribution >= 0.6 is 0 Å². The molecule has 0 heterocycles.